The Bertz CT molecular complexity index is 827. The normalized spacial score (nSPS) is 17.9. The average molecular weight is 389 g/mol. The zero-order chi connectivity index (χ0) is 18.6. The highest BCUT2D eigenvalue weighted by Crippen LogP contribution is 2.36. The van der Waals surface area contributed by atoms with Gasteiger partial charge in [0.15, 0.2) is 11.5 Å². The number of ether oxygens (including phenoxy) is 2. The summed E-state index contributed by atoms with van der Waals surface area (Å²) in [5, 5.41) is 0. The Morgan fingerprint density at radius 2 is 2.00 bits per heavy atom. The molecule has 144 valence electrons. The molecule has 8 nitrogen and oxygen atoms in total. The minimum Gasteiger partial charge on any atom is -0.760 e. The van der Waals surface area contributed by atoms with Crippen LogP contribution in [0.2, 0.25) is 0 Å². The first kappa shape index (κ1) is 18.1. The number of hydrogen-bond donors (Lipinski definition) is 1. The van der Waals surface area contributed by atoms with Crippen LogP contribution in [0.25, 0.3) is 11.3 Å². The maximum atomic E-state index is 10.5. The van der Waals surface area contributed by atoms with Gasteiger partial charge in [-0.2, -0.15) is 0 Å². The Kier molecular flexibility index (Phi) is 5.51. The molecule has 27 heavy (non-hydrogen) atoms. The molecule has 0 radical (unpaired) electrons. The van der Waals surface area contributed by atoms with Gasteiger partial charge in [-0.05, 0) is 43.4 Å². The summed E-state index contributed by atoms with van der Waals surface area (Å²) in [4.78, 5) is 11.1. The highest BCUT2D eigenvalue weighted by atomic mass is 32.2. The monoisotopic (exact) mass is 389 g/mol. The van der Waals surface area contributed by atoms with Crippen molar-refractivity contribution in [2.45, 2.75) is 19.3 Å². The minimum absolute atomic E-state index is 0.253. The van der Waals surface area contributed by atoms with E-state index < -0.39 is 11.3 Å². The van der Waals surface area contributed by atoms with Crippen LogP contribution < -0.4 is 19.1 Å². The summed E-state index contributed by atoms with van der Waals surface area (Å²) in [7, 11) is 0. The number of rotatable bonds is 6. The molecule has 0 amide bonds. The number of nitrogens with zero attached hydrogens (tertiary/aromatic N) is 3. The van der Waals surface area contributed by atoms with Gasteiger partial charge in [-0.25, -0.2) is 14.7 Å². The number of nitrogens with one attached hydrogen (secondary N) is 1. The molecule has 0 aliphatic carbocycles. The van der Waals surface area contributed by atoms with Gasteiger partial charge in [0, 0.05) is 42.5 Å². The van der Waals surface area contributed by atoms with Gasteiger partial charge in [-0.15, -0.1) is 0 Å². The van der Waals surface area contributed by atoms with Crippen LogP contribution in [-0.4, -0.2) is 45.2 Å². The van der Waals surface area contributed by atoms with E-state index in [1.807, 2.05) is 24.3 Å². The first-order valence-electron chi connectivity index (χ1n) is 8.99. The molecule has 1 N–H and O–H groups in total. The van der Waals surface area contributed by atoms with Gasteiger partial charge in [0.2, 0.25) is 6.79 Å². The van der Waals surface area contributed by atoms with E-state index in [1.54, 1.807) is 6.33 Å². The minimum atomic E-state index is -2.17. The number of anilines is 1. The molecule has 1 aromatic carbocycles. The van der Waals surface area contributed by atoms with Gasteiger partial charge in [0.25, 0.3) is 0 Å². The third-order valence-electron chi connectivity index (χ3n) is 5.03. The first-order valence-corrected chi connectivity index (χ1v) is 10.1. The fraction of sp³-hybridized carbons (Fsp3) is 0.444. The summed E-state index contributed by atoms with van der Waals surface area (Å²) in [5.74, 6) is 2.94. The standard InChI is InChI=1S/C18H22N4O4S/c23-27(24)21-6-3-13-4-7-22(8-5-13)18-10-15(19-11-20-18)14-1-2-16-17(9-14)26-12-25-16/h1-2,9-11,13,21H,3-8,12H2,(H,23,24)/p-1. The molecular weight excluding hydrogens is 368 g/mol. The van der Waals surface area contributed by atoms with Crippen molar-refractivity contribution in [3.05, 3.63) is 30.6 Å². The molecule has 0 bridgehead atoms. The predicted octanol–water partition coefficient (Wildman–Crippen LogP) is 1.86. The largest absolute Gasteiger partial charge is 0.760 e. The summed E-state index contributed by atoms with van der Waals surface area (Å²) in [5.41, 5.74) is 1.82. The number of hydrogen-bond acceptors (Lipinski definition) is 7. The third kappa shape index (κ3) is 4.37. The second-order valence-corrected chi connectivity index (χ2v) is 7.44. The van der Waals surface area contributed by atoms with Crippen molar-refractivity contribution in [2.24, 2.45) is 5.92 Å². The summed E-state index contributed by atoms with van der Waals surface area (Å²) in [6.45, 7) is 2.57. The first-order chi connectivity index (χ1) is 13.2. The van der Waals surface area contributed by atoms with E-state index in [1.165, 1.54) is 0 Å². The molecule has 1 atom stereocenters. The van der Waals surface area contributed by atoms with E-state index in [2.05, 4.69) is 19.6 Å². The summed E-state index contributed by atoms with van der Waals surface area (Å²) in [6, 6.07) is 7.81. The summed E-state index contributed by atoms with van der Waals surface area (Å²) < 4.78 is 34.3. The SMILES string of the molecule is O=S([O-])NCCC1CCN(c2cc(-c3ccc4c(c3)OCO4)ncn2)CC1. The molecule has 4 rings (SSSR count). The van der Waals surface area contributed by atoms with Gasteiger partial charge in [0.1, 0.15) is 12.1 Å². The lowest BCUT2D eigenvalue weighted by atomic mass is 9.93. The molecule has 2 aromatic rings. The lowest BCUT2D eigenvalue weighted by Gasteiger charge is -2.33. The smallest absolute Gasteiger partial charge is 0.231 e. The van der Waals surface area contributed by atoms with E-state index in [-0.39, 0.29) is 6.79 Å². The number of aromatic nitrogens is 2. The number of benzene rings is 1. The molecule has 1 unspecified atom stereocenters. The molecule has 1 saturated heterocycles. The van der Waals surface area contributed by atoms with E-state index >= 15 is 0 Å². The van der Waals surface area contributed by atoms with Gasteiger partial charge >= 0.3 is 0 Å². The highest BCUT2D eigenvalue weighted by Gasteiger charge is 2.21. The molecule has 1 fully saturated rings. The molecule has 0 saturated carbocycles. The van der Waals surface area contributed by atoms with Crippen LogP contribution in [0.15, 0.2) is 30.6 Å². The summed E-state index contributed by atoms with van der Waals surface area (Å²) >= 11 is -2.17. The Hall–Kier alpha value is -2.23. The van der Waals surface area contributed by atoms with Crippen LogP contribution in [0.5, 0.6) is 11.5 Å². The van der Waals surface area contributed by atoms with Crippen molar-refractivity contribution in [1.29, 1.82) is 0 Å². The van der Waals surface area contributed by atoms with Crippen LogP contribution in [0, 0.1) is 5.92 Å². The van der Waals surface area contributed by atoms with Crippen LogP contribution in [-0.2, 0) is 11.3 Å². The molecule has 3 heterocycles. The van der Waals surface area contributed by atoms with Crippen molar-refractivity contribution in [3.8, 4) is 22.8 Å². The van der Waals surface area contributed by atoms with Gasteiger partial charge in [-0.1, -0.05) is 0 Å². The van der Waals surface area contributed by atoms with Gasteiger partial charge in [-0.3, -0.25) is 4.21 Å². The van der Waals surface area contributed by atoms with Crippen molar-refractivity contribution in [1.82, 2.24) is 14.7 Å². The fourth-order valence-electron chi connectivity index (χ4n) is 3.53. The topological polar surface area (TPSA) is 99.6 Å². The molecule has 1 aromatic heterocycles. The van der Waals surface area contributed by atoms with Crippen LogP contribution in [0.4, 0.5) is 5.82 Å². The van der Waals surface area contributed by atoms with Crippen molar-refractivity contribution in [2.75, 3.05) is 31.3 Å². The Balaban J connectivity index is 1.39. The Labute approximate surface area is 160 Å². The number of fused-ring (bicyclic) bond motifs is 1. The molecular formula is C18H21N4O4S-. The highest BCUT2D eigenvalue weighted by molar-refractivity contribution is 7.77. The zero-order valence-electron chi connectivity index (χ0n) is 14.8. The van der Waals surface area contributed by atoms with Crippen LogP contribution in [0.3, 0.4) is 0 Å². The molecule has 0 spiro atoms. The lowest BCUT2D eigenvalue weighted by Crippen LogP contribution is -2.35. The van der Waals surface area contributed by atoms with Gasteiger partial charge in [0.05, 0.1) is 5.69 Å². The van der Waals surface area contributed by atoms with E-state index in [0.717, 1.165) is 60.9 Å². The molecule has 9 heteroatoms. The average Bonchev–Trinajstić information content (AvgIpc) is 3.16. The zero-order valence-corrected chi connectivity index (χ0v) is 15.6. The Morgan fingerprint density at radius 3 is 2.81 bits per heavy atom. The van der Waals surface area contributed by atoms with Gasteiger partial charge < -0.3 is 18.9 Å². The second-order valence-electron chi connectivity index (χ2n) is 6.68. The summed E-state index contributed by atoms with van der Waals surface area (Å²) in [6.07, 6.45) is 4.51. The fourth-order valence-corrected chi connectivity index (χ4v) is 3.82. The van der Waals surface area contributed by atoms with Crippen molar-refractivity contribution in [3.63, 3.8) is 0 Å². The Morgan fingerprint density at radius 1 is 1.19 bits per heavy atom. The maximum absolute atomic E-state index is 10.5. The second kappa shape index (κ2) is 8.20. The maximum Gasteiger partial charge on any atom is 0.231 e. The molecule has 2 aliphatic heterocycles. The van der Waals surface area contributed by atoms with E-state index in [9.17, 15) is 8.76 Å². The van der Waals surface area contributed by atoms with Crippen molar-refractivity contribution < 1.29 is 18.2 Å². The van der Waals surface area contributed by atoms with E-state index in [0.29, 0.717) is 12.5 Å². The van der Waals surface area contributed by atoms with Crippen LogP contribution in [0.1, 0.15) is 19.3 Å². The lowest BCUT2D eigenvalue weighted by molar-refractivity contribution is 0.174. The van der Waals surface area contributed by atoms with E-state index in [4.69, 9.17) is 9.47 Å². The van der Waals surface area contributed by atoms with Crippen molar-refractivity contribution >= 4 is 17.1 Å². The third-order valence-corrected chi connectivity index (χ3v) is 5.47. The number of piperidine rings is 1. The predicted molar refractivity (Wildman–Crippen MR) is 100 cm³/mol. The molecule has 2 aliphatic rings. The van der Waals surface area contributed by atoms with Crippen LogP contribution >= 0.6 is 0 Å². The quantitative estimate of drug-likeness (QED) is 0.753.